The van der Waals surface area contributed by atoms with Crippen molar-refractivity contribution < 1.29 is 9.90 Å². The molecule has 1 aromatic carbocycles. The molecule has 1 aliphatic carbocycles. The fraction of sp³-hybridized carbons (Fsp3) is 0.286. The minimum Gasteiger partial charge on any atom is -0.481 e. The Morgan fingerprint density at radius 1 is 1.53 bits per heavy atom. The molecule has 0 aliphatic heterocycles. The average Bonchev–Trinajstić information content (AvgIpc) is 3.00. The first-order chi connectivity index (χ1) is 9.15. The van der Waals surface area contributed by atoms with Gasteiger partial charge in [0.2, 0.25) is 0 Å². The second kappa shape index (κ2) is 4.70. The van der Waals surface area contributed by atoms with Gasteiger partial charge < -0.3 is 9.67 Å². The lowest BCUT2D eigenvalue weighted by molar-refractivity contribution is -0.138. The molecule has 2 aromatic rings. The molecular weight excluding hydrogens is 264 g/mol. The number of aliphatic carboxylic acids is 1. The van der Waals surface area contributed by atoms with Crippen molar-refractivity contribution in [3.63, 3.8) is 0 Å². The van der Waals surface area contributed by atoms with Crippen LogP contribution in [-0.2, 0) is 11.3 Å². The van der Waals surface area contributed by atoms with Gasteiger partial charge in [-0.15, -0.1) is 0 Å². The minimum absolute atomic E-state index is 0.0762. The summed E-state index contributed by atoms with van der Waals surface area (Å²) in [5, 5.41) is 9.61. The van der Waals surface area contributed by atoms with Crippen molar-refractivity contribution in [3.05, 3.63) is 53.1 Å². The van der Waals surface area contributed by atoms with Gasteiger partial charge in [0.05, 0.1) is 12.2 Å². The molecule has 0 radical (unpaired) electrons. The molecule has 19 heavy (non-hydrogen) atoms. The number of nitrogens with zero attached hydrogens (tertiary/aromatic N) is 2. The third kappa shape index (κ3) is 2.49. The SMILES string of the molecule is O=C(O)C1CC1c1ccc(Cn2ccnc2)cc1Cl. The van der Waals surface area contributed by atoms with E-state index in [-0.39, 0.29) is 11.8 Å². The highest BCUT2D eigenvalue weighted by atomic mass is 35.5. The zero-order chi connectivity index (χ0) is 13.4. The first kappa shape index (κ1) is 12.2. The topological polar surface area (TPSA) is 55.1 Å². The number of carbonyl (C=O) groups is 1. The lowest BCUT2D eigenvalue weighted by atomic mass is 10.1. The van der Waals surface area contributed by atoms with Gasteiger partial charge in [-0.3, -0.25) is 4.79 Å². The van der Waals surface area contributed by atoms with E-state index in [2.05, 4.69) is 4.98 Å². The van der Waals surface area contributed by atoms with Crippen molar-refractivity contribution in [2.24, 2.45) is 5.92 Å². The molecule has 2 unspecified atom stereocenters. The van der Waals surface area contributed by atoms with Crippen LogP contribution in [0.15, 0.2) is 36.9 Å². The Morgan fingerprint density at radius 2 is 2.37 bits per heavy atom. The molecule has 1 saturated carbocycles. The standard InChI is InChI=1S/C14H13ClN2O2/c15-13-5-9(7-17-4-3-16-8-17)1-2-10(13)11-6-12(11)14(18)19/h1-5,8,11-12H,6-7H2,(H,18,19). The minimum atomic E-state index is -0.733. The first-order valence-electron chi connectivity index (χ1n) is 6.12. The molecule has 1 N–H and O–H groups in total. The summed E-state index contributed by atoms with van der Waals surface area (Å²) >= 11 is 6.26. The number of carboxylic acid groups (broad SMARTS) is 1. The van der Waals surface area contributed by atoms with Gasteiger partial charge in [0, 0.05) is 24.0 Å². The van der Waals surface area contributed by atoms with Gasteiger partial charge >= 0.3 is 5.97 Å². The summed E-state index contributed by atoms with van der Waals surface area (Å²) < 4.78 is 1.96. The van der Waals surface area contributed by atoms with Gasteiger partial charge in [-0.1, -0.05) is 23.7 Å². The van der Waals surface area contributed by atoms with Gasteiger partial charge in [-0.2, -0.15) is 0 Å². The van der Waals surface area contributed by atoms with Crippen LogP contribution in [0.5, 0.6) is 0 Å². The Hall–Kier alpha value is -1.81. The third-order valence-corrected chi connectivity index (χ3v) is 3.82. The van der Waals surface area contributed by atoms with E-state index in [4.69, 9.17) is 16.7 Å². The van der Waals surface area contributed by atoms with Crippen molar-refractivity contribution in [1.29, 1.82) is 0 Å². The van der Waals surface area contributed by atoms with E-state index in [9.17, 15) is 4.79 Å². The van der Waals surface area contributed by atoms with Crippen LogP contribution < -0.4 is 0 Å². The average molecular weight is 277 g/mol. The maximum Gasteiger partial charge on any atom is 0.307 e. The van der Waals surface area contributed by atoms with Crippen LogP contribution in [0.3, 0.4) is 0 Å². The first-order valence-corrected chi connectivity index (χ1v) is 6.50. The van der Waals surface area contributed by atoms with Crippen LogP contribution in [0, 0.1) is 5.92 Å². The number of aromatic nitrogens is 2. The molecule has 5 heteroatoms. The highest BCUT2D eigenvalue weighted by Crippen LogP contribution is 2.49. The van der Waals surface area contributed by atoms with E-state index in [1.54, 1.807) is 12.5 Å². The zero-order valence-corrected chi connectivity index (χ0v) is 10.9. The van der Waals surface area contributed by atoms with Crippen molar-refractivity contribution in [1.82, 2.24) is 9.55 Å². The van der Waals surface area contributed by atoms with Crippen molar-refractivity contribution >= 4 is 17.6 Å². The summed E-state index contributed by atoms with van der Waals surface area (Å²) in [5.74, 6) is -0.923. The van der Waals surface area contributed by atoms with Crippen LogP contribution in [0.4, 0.5) is 0 Å². The smallest absolute Gasteiger partial charge is 0.307 e. The highest BCUT2D eigenvalue weighted by molar-refractivity contribution is 6.31. The normalized spacial score (nSPS) is 21.3. The fourth-order valence-corrected chi connectivity index (χ4v) is 2.72. The molecule has 1 heterocycles. The maximum atomic E-state index is 10.9. The van der Waals surface area contributed by atoms with E-state index >= 15 is 0 Å². The lowest BCUT2D eigenvalue weighted by Gasteiger charge is -2.07. The van der Waals surface area contributed by atoms with E-state index in [1.165, 1.54) is 0 Å². The van der Waals surface area contributed by atoms with Gasteiger partial charge in [0.1, 0.15) is 0 Å². The van der Waals surface area contributed by atoms with Crippen molar-refractivity contribution in [3.8, 4) is 0 Å². The molecule has 1 fully saturated rings. The van der Waals surface area contributed by atoms with E-state index in [0.29, 0.717) is 18.0 Å². The number of imidazole rings is 1. The molecule has 2 atom stereocenters. The Labute approximate surface area is 115 Å². The number of hydrogen-bond donors (Lipinski definition) is 1. The maximum absolute atomic E-state index is 10.9. The van der Waals surface area contributed by atoms with E-state index in [0.717, 1.165) is 11.1 Å². The van der Waals surface area contributed by atoms with Crippen LogP contribution in [0.25, 0.3) is 0 Å². The summed E-state index contributed by atoms with van der Waals surface area (Å²) in [6, 6.07) is 5.86. The Bertz CT molecular complexity index is 610. The fourth-order valence-electron chi connectivity index (χ4n) is 2.37. The second-order valence-corrected chi connectivity index (χ2v) is 5.29. The highest BCUT2D eigenvalue weighted by Gasteiger charge is 2.45. The van der Waals surface area contributed by atoms with Crippen LogP contribution in [0.1, 0.15) is 23.5 Å². The molecule has 0 spiro atoms. The van der Waals surface area contributed by atoms with Crippen LogP contribution in [0.2, 0.25) is 5.02 Å². The summed E-state index contributed by atoms with van der Waals surface area (Å²) in [7, 11) is 0. The molecule has 0 amide bonds. The Balaban J connectivity index is 1.77. The predicted molar refractivity (Wildman–Crippen MR) is 71.3 cm³/mol. The second-order valence-electron chi connectivity index (χ2n) is 4.88. The number of carboxylic acids is 1. The molecule has 0 saturated heterocycles. The van der Waals surface area contributed by atoms with Crippen molar-refractivity contribution in [2.45, 2.75) is 18.9 Å². The lowest BCUT2D eigenvalue weighted by Crippen LogP contribution is -2.00. The molecule has 98 valence electrons. The van der Waals surface area contributed by atoms with Gasteiger partial charge in [-0.05, 0) is 29.5 Å². The molecular formula is C14H13ClN2O2. The van der Waals surface area contributed by atoms with Crippen molar-refractivity contribution in [2.75, 3.05) is 0 Å². The molecule has 3 rings (SSSR count). The quantitative estimate of drug-likeness (QED) is 0.934. The largest absolute Gasteiger partial charge is 0.481 e. The summed E-state index contributed by atoms with van der Waals surface area (Å²) in [6.07, 6.45) is 6.07. The number of benzene rings is 1. The molecule has 1 aliphatic rings. The van der Waals surface area contributed by atoms with Gasteiger partial charge in [0.25, 0.3) is 0 Å². The van der Waals surface area contributed by atoms with Crippen LogP contribution >= 0.6 is 11.6 Å². The molecule has 0 bridgehead atoms. The summed E-state index contributed by atoms with van der Waals surface area (Å²) in [4.78, 5) is 14.9. The van der Waals surface area contributed by atoms with E-state index in [1.807, 2.05) is 29.0 Å². The zero-order valence-electron chi connectivity index (χ0n) is 10.2. The number of hydrogen-bond acceptors (Lipinski definition) is 2. The van der Waals surface area contributed by atoms with Gasteiger partial charge in [0.15, 0.2) is 0 Å². The Kier molecular flexibility index (Phi) is 3.03. The number of rotatable bonds is 4. The third-order valence-electron chi connectivity index (χ3n) is 3.50. The van der Waals surface area contributed by atoms with E-state index < -0.39 is 5.97 Å². The monoisotopic (exact) mass is 276 g/mol. The van der Waals surface area contributed by atoms with Gasteiger partial charge in [-0.25, -0.2) is 4.98 Å². The molecule has 1 aromatic heterocycles. The summed E-state index contributed by atoms with van der Waals surface area (Å²) in [6.45, 7) is 0.715. The molecule has 4 nitrogen and oxygen atoms in total. The number of halogens is 1. The summed E-state index contributed by atoms with van der Waals surface area (Å²) in [5.41, 5.74) is 2.03. The predicted octanol–water partition coefficient (Wildman–Crippen LogP) is 2.77. The Morgan fingerprint density at radius 3 is 2.95 bits per heavy atom. The van der Waals surface area contributed by atoms with Crippen LogP contribution in [-0.4, -0.2) is 20.6 Å².